The van der Waals surface area contributed by atoms with Gasteiger partial charge in [-0.2, -0.15) is 10.2 Å². The number of rotatable bonds is 4. The Hall–Kier alpha value is -4.08. The highest BCUT2D eigenvalue weighted by Crippen LogP contribution is 2.32. The van der Waals surface area contributed by atoms with E-state index in [9.17, 15) is 0 Å². The van der Waals surface area contributed by atoms with Gasteiger partial charge in [-0.1, -0.05) is 0 Å². The molecule has 28 heavy (non-hydrogen) atoms. The van der Waals surface area contributed by atoms with Crippen molar-refractivity contribution in [1.82, 2.24) is 0 Å². The van der Waals surface area contributed by atoms with E-state index in [1.165, 1.54) is 12.4 Å². The summed E-state index contributed by atoms with van der Waals surface area (Å²) < 4.78 is 21.1. The Morgan fingerprint density at radius 1 is 0.679 bits per heavy atom. The van der Waals surface area contributed by atoms with E-state index >= 15 is 0 Å². The molecule has 0 fully saturated rings. The van der Waals surface area contributed by atoms with Gasteiger partial charge in [-0.3, -0.25) is 0 Å². The number of ether oxygens (including phenoxy) is 4. The molecule has 0 spiro atoms. The second kappa shape index (κ2) is 7.66. The highest BCUT2D eigenvalue weighted by molar-refractivity contribution is 6.39. The van der Waals surface area contributed by atoms with Crippen LogP contribution in [0.3, 0.4) is 0 Å². The third-order valence-electron chi connectivity index (χ3n) is 3.80. The summed E-state index contributed by atoms with van der Waals surface area (Å²) in [5, 5.41) is 15.4. The predicted molar refractivity (Wildman–Crippen MR) is 104 cm³/mol. The Kier molecular flexibility index (Phi) is 4.74. The molecular weight excluding hydrogens is 364 g/mol. The standard InChI is InChI=1S/C18H16N6O4/c19-17(23-21-7-11-1-3-13-15(5-11)27-9-25-13)18(20)24-22-8-12-2-4-14-16(6-12)28-10-26-14/h1-8H,9-10H2,(H2,19,23)(H2,20,24). The van der Waals surface area contributed by atoms with Crippen LogP contribution in [0.15, 0.2) is 56.8 Å². The van der Waals surface area contributed by atoms with Gasteiger partial charge < -0.3 is 30.4 Å². The quantitative estimate of drug-likeness (QED) is 0.465. The minimum atomic E-state index is -0.0557. The average molecular weight is 380 g/mol. The molecule has 2 aromatic rings. The number of nitrogens with zero attached hydrogens (tertiary/aromatic N) is 4. The van der Waals surface area contributed by atoms with Crippen molar-refractivity contribution in [2.75, 3.05) is 13.6 Å². The van der Waals surface area contributed by atoms with Crippen LogP contribution < -0.4 is 30.4 Å². The summed E-state index contributed by atoms with van der Waals surface area (Å²) in [5.41, 5.74) is 13.1. The summed E-state index contributed by atoms with van der Waals surface area (Å²) in [6.45, 7) is 0.418. The molecule has 142 valence electrons. The zero-order valence-corrected chi connectivity index (χ0v) is 14.6. The van der Waals surface area contributed by atoms with E-state index in [4.69, 9.17) is 30.4 Å². The molecule has 0 atom stereocenters. The zero-order valence-electron chi connectivity index (χ0n) is 14.6. The van der Waals surface area contributed by atoms with Crippen molar-refractivity contribution in [3.05, 3.63) is 47.5 Å². The smallest absolute Gasteiger partial charge is 0.231 e. The van der Waals surface area contributed by atoms with Crippen LogP contribution in [-0.2, 0) is 0 Å². The normalized spacial score (nSPS) is 15.7. The lowest BCUT2D eigenvalue weighted by Gasteiger charge is -1.97. The summed E-state index contributed by atoms with van der Waals surface area (Å²) in [7, 11) is 0. The van der Waals surface area contributed by atoms with Gasteiger partial charge in [0.15, 0.2) is 34.7 Å². The van der Waals surface area contributed by atoms with Crippen molar-refractivity contribution in [3.63, 3.8) is 0 Å². The molecule has 0 amide bonds. The average Bonchev–Trinajstić information content (AvgIpc) is 3.36. The summed E-state index contributed by atoms with van der Waals surface area (Å²) >= 11 is 0. The highest BCUT2D eigenvalue weighted by Gasteiger charge is 2.13. The van der Waals surface area contributed by atoms with Crippen molar-refractivity contribution in [2.45, 2.75) is 0 Å². The first-order valence-electron chi connectivity index (χ1n) is 8.22. The van der Waals surface area contributed by atoms with Crippen LogP contribution in [-0.4, -0.2) is 37.7 Å². The minimum Gasteiger partial charge on any atom is -0.454 e. The summed E-state index contributed by atoms with van der Waals surface area (Å²) in [4.78, 5) is 0. The largest absolute Gasteiger partial charge is 0.454 e. The minimum absolute atomic E-state index is 0.0557. The molecule has 0 saturated carbocycles. The van der Waals surface area contributed by atoms with E-state index in [0.29, 0.717) is 23.0 Å². The second-order valence-corrected chi connectivity index (χ2v) is 5.69. The zero-order chi connectivity index (χ0) is 19.3. The van der Waals surface area contributed by atoms with Gasteiger partial charge in [0.1, 0.15) is 0 Å². The first-order valence-corrected chi connectivity index (χ1v) is 8.22. The van der Waals surface area contributed by atoms with Crippen LogP contribution in [0.2, 0.25) is 0 Å². The Bertz CT molecular complexity index is 934. The van der Waals surface area contributed by atoms with E-state index < -0.39 is 0 Å². The molecule has 2 aliphatic rings. The third kappa shape index (κ3) is 3.85. The van der Waals surface area contributed by atoms with Crippen molar-refractivity contribution in [3.8, 4) is 23.0 Å². The van der Waals surface area contributed by atoms with Crippen molar-refractivity contribution < 1.29 is 18.9 Å². The SMILES string of the molecule is NC(=NN=Cc1ccc2c(c1)OCO2)C(N)=NN=Cc1ccc2c(c1)OCO2. The molecule has 2 aromatic carbocycles. The molecule has 0 aromatic heterocycles. The fourth-order valence-electron chi connectivity index (χ4n) is 2.40. The molecule has 0 radical (unpaired) electrons. The van der Waals surface area contributed by atoms with Gasteiger partial charge in [-0.25, -0.2) is 0 Å². The fraction of sp³-hybridized carbons (Fsp3) is 0.111. The van der Waals surface area contributed by atoms with Crippen molar-refractivity contribution in [2.24, 2.45) is 31.9 Å². The molecule has 0 aliphatic carbocycles. The summed E-state index contributed by atoms with van der Waals surface area (Å²) in [6, 6.07) is 10.8. The van der Waals surface area contributed by atoms with Crippen LogP contribution in [0.1, 0.15) is 11.1 Å². The van der Waals surface area contributed by atoms with E-state index in [-0.39, 0.29) is 25.3 Å². The summed E-state index contributed by atoms with van der Waals surface area (Å²) in [6.07, 6.45) is 3.02. The number of amidine groups is 2. The molecule has 0 bridgehead atoms. The third-order valence-corrected chi connectivity index (χ3v) is 3.80. The van der Waals surface area contributed by atoms with E-state index in [1.54, 1.807) is 24.3 Å². The number of nitrogens with two attached hydrogens (primary N) is 2. The van der Waals surface area contributed by atoms with Gasteiger partial charge in [-0.15, -0.1) is 10.2 Å². The number of hydrogen-bond donors (Lipinski definition) is 2. The Morgan fingerprint density at radius 2 is 1.11 bits per heavy atom. The topological polar surface area (TPSA) is 138 Å². The Balaban J connectivity index is 1.38. The highest BCUT2D eigenvalue weighted by atomic mass is 16.7. The van der Waals surface area contributed by atoms with Crippen LogP contribution in [0.25, 0.3) is 0 Å². The maximum Gasteiger partial charge on any atom is 0.231 e. The van der Waals surface area contributed by atoms with Crippen LogP contribution in [0.5, 0.6) is 23.0 Å². The van der Waals surface area contributed by atoms with Gasteiger partial charge in [0, 0.05) is 0 Å². The maximum atomic E-state index is 5.75. The molecular formula is C18H16N6O4. The number of benzene rings is 2. The number of hydrogen-bond acceptors (Lipinski definition) is 8. The van der Waals surface area contributed by atoms with Crippen LogP contribution in [0.4, 0.5) is 0 Å². The Labute approximate surface area is 159 Å². The van der Waals surface area contributed by atoms with Crippen LogP contribution >= 0.6 is 0 Å². The molecule has 0 unspecified atom stereocenters. The summed E-state index contributed by atoms with van der Waals surface area (Å²) in [5.74, 6) is 2.58. The van der Waals surface area contributed by atoms with E-state index in [0.717, 1.165) is 11.1 Å². The van der Waals surface area contributed by atoms with Gasteiger partial charge in [-0.05, 0) is 47.5 Å². The van der Waals surface area contributed by atoms with Gasteiger partial charge in [0.05, 0.1) is 12.4 Å². The van der Waals surface area contributed by atoms with Crippen LogP contribution in [0, 0.1) is 0 Å². The molecule has 4 N–H and O–H groups in total. The first-order chi connectivity index (χ1) is 13.7. The molecule has 2 aliphatic heterocycles. The van der Waals surface area contributed by atoms with E-state index in [1.807, 2.05) is 12.1 Å². The number of fused-ring (bicyclic) bond motifs is 2. The molecule has 10 nitrogen and oxygen atoms in total. The second-order valence-electron chi connectivity index (χ2n) is 5.69. The molecule has 10 heteroatoms. The fourth-order valence-corrected chi connectivity index (χ4v) is 2.40. The van der Waals surface area contributed by atoms with Crippen molar-refractivity contribution in [1.29, 1.82) is 0 Å². The Morgan fingerprint density at radius 3 is 1.57 bits per heavy atom. The van der Waals surface area contributed by atoms with Gasteiger partial charge >= 0.3 is 0 Å². The predicted octanol–water partition coefficient (Wildman–Crippen LogP) is 1.23. The van der Waals surface area contributed by atoms with E-state index in [2.05, 4.69) is 20.4 Å². The maximum absolute atomic E-state index is 5.75. The molecule has 2 heterocycles. The molecule has 4 rings (SSSR count). The lowest BCUT2D eigenvalue weighted by Crippen LogP contribution is -2.30. The lowest BCUT2D eigenvalue weighted by molar-refractivity contribution is 0.173. The monoisotopic (exact) mass is 380 g/mol. The molecule has 0 saturated heterocycles. The van der Waals surface area contributed by atoms with Gasteiger partial charge in [0.2, 0.25) is 13.6 Å². The first kappa shape index (κ1) is 17.3. The van der Waals surface area contributed by atoms with Crippen molar-refractivity contribution >= 4 is 24.1 Å². The lowest BCUT2D eigenvalue weighted by atomic mass is 10.2. The van der Waals surface area contributed by atoms with Gasteiger partial charge in [0.25, 0.3) is 0 Å².